The van der Waals surface area contributed by atoms with Crippen LogP contribution in [-0.2, 0) is 28.7 Å². The molecule has 2 aliphatic heterocycles. The number of hydrogen-bond acceptors (Lipinski definition) is 8. The van der Waals surface area contributed by atoms with Gasteiger partial charge in [0.05, 0.1) is 55.3 Å². The van der Waals surface area contributed by atoms with Crippen molar-refractivity contribution in [3.8, 4) is 6.07 Å². The molecule has 12 nitrogen and oxygen atoms in total. The SMILES string of the molecule is CC[C@H](C)[C@@H]([C@@H](CC(=O)N1CCC[C@H]1[C@H](OC)[C@@H](C)C(=O)O)OC)N(C)C(=O)[C@@H](NC(=O)[C@@H]1[C@H]2CC[C@H](C2)N1CC#N)C(C)C. The third-order valence-corrected chi connectivity index (χ3v) is 10.7. The van der Waals surface area contributed by atoms with E-state index < -0.39 is 42.2 Å². The van der Waals surface area contributed by atoms with Crippen molar-refractivity contribution in [2.75, 3.05) is 34.4 Å². The average Bonchev–Trinajstić information content (AvgIpc) is 3.76. The second-order valence-corrected chi connectivity index (χ2v) is 13.7. The van der Waals surface area contributed by atoms with Gasteiger partial charge in [-0.1, -0.05) is 34.1 Å². The number of nitrogens with zero attached hydrogens (tertiary/aromatic N) is 4. The van der Waals surface area contributed by atoms with E-state index in [1.807, 2.05) is 32.6 Å². The van der Waals surface area contributed by atoms with Crippen molar-refractivity contribution in [1.29, 1.82) is 5.26 Å². The minimum atomic E-state index is -0.974. The van der Waals surface area contributed by atoms with Crippen molar-refractivity contribution >= 4 is 23.7 Å². The van der Waals surface area contributed by atoms with Crippen LogP contribution in [0.1, 0.15) is 79.6 Å². The second-order valence-electron chi connectivity index (χ2n) is 13.7. The number of aliphatic carboxylic acids is 1. The molecule has 0 spiro atoms. The number of nitriles is 1. The summed E-state index contributed by atoms with van der Waals surface area (Å²) in [6.45, 7) is 10.1. The van der Waals surface area contributed by atoms with E-state index in [2.05, 4.69) is 11.4 Å². The Kier molecular flexibility index (Phi) is 13.2. The number of ether oxygens (including phenoxy) is 2. The predicted octanol–water partition coefficient (Wildman–Crippen LogP) is 2.51. The molecular weight excluding hydrogens is 578 g/mol. The molecule has 3 aliphatic rings. The second kappa shape index (κ2) is 16.2. The summed E-state index contributed by atoms with van der Waals surface area (Å²) in [4.78, 5) is 58.7. The first-order valence-corrected chi connectivity index (χ1v) is 16.6. The lowest BCUT2D eigenvalue weighted by Gasteiger charge is -2.41. The summed E-state index contributed by atoms with van der Waals surface area (Å²) >= 11 is 0. The van der Waals surface area contributed by atoms with E-state index in [9.17, 15) is 29.5 Å². The summed E-state index contributed by atoms with van der Waals surface area (Å²) in [5.74, 6) is -2.41. The molecule has 0 radical (unpaired) electrons. The number of amides is 3. The number of likely N-dealkylation sites (N-methyl/N-ethyl adjacent to an activating group) is 1. The van der Waals surface area contributed by atoms with Gasteiger partial charge in [0.2, 0.25) is 17.7 Å². The number of fused-ring (bicyclic) bond motifs is 2. The molecule has 2 bridgehead atoms. The molecule has 0 aromatic carbocycles. The van der Waals surface area contributed by atoms with Crippen molar-refractivity contribution < 1.29 is 33.8 Å². The third-order valence-electron chi connectivity index (χ3n) is 10.7. The highest BCUT2D eigenvalue weighted by molar-refractivity contribution is 5.90. The minimum Gasteiger partial charge on any atom is -0.481 e. The molecule has 12 heteroatoms. The number of methoxy groups -OCH3 is 2. The fourth-order valence-electron chi connectivity index (χ4n) is 8.02. The van der Waals surface area contributed by atoms with Crippen LogP contribution in [0.5, 0.6) is 0 Å². The molecule has 2 heterocycles. The van der Waals surface area contributed by atoms with Crippen LogP contribution in [0.15, 0.2) is 0 Å². The smallest absolute Gasteiger partial charge is 0.308 e. The Labute approximate surface area is 268 Å². The molecule has 3 amide bonds. The van der Waals surface area contributed by atoms with Crippen LogP contribution in [0.4, 0.5) is 0 Å². The van der Waals surface area contributed by atoms with Crippen molar-refractivity contribution in [3.63, 3.8) is 0 Å². The van der Waals surface area contributed by atoms with Crippen molar-refractivity contribution in [2.24, 2.45) is 23.7 Å². The lowest BCUT2D eigenvalue weighted by molar-refractivity contribution is -0.152. The van der Waals surface area contributed by atoms with Crippen molar-refractivity contribution in [1.82, 2.24) is 20.0 Å². The Morgan fingerprint density at radius 1 is 1.09 bits per heavy atom. The van der Waals surface area contributed by atoms with E-state index in [-0.39, 0.29) is 60.5 Å². The van der Waals surface area contributed by atoms with Crippen LogP contribution in [-0.4, -0.2) is 120 Å². The zero-order chi connectivity index (χ0) is 33.6. The van der Waals surface area contributed by atoms with Gasteiger partial charge in [-0.2, -0.15) is 5.26 Å². The Morgan fingerprint density at radius 2 is 1.78 bits per heavy atom. The van der Waals surface area contributed by atoms with Crippen LogP contribution in [0, 0.1) is 35.0 Å². The number of likely N-dealkylation sites (tertiary alicyclic amines) is 2. The van der Waals surface area contributed by atoms with Crippen LogP contribution < -0.4 is 5.32 Å². The van der Waals surface area contributed by atoms with E-state index in [0.717, 1.165) is 32.1 Å². The molecule has 0 aromatic heterocycles. The van der Waals surface area contributed by atoms with Crippen molar-refractivity contribution in [3.05, 3.63) is 0 Å². The summed E-state index contributed by atoms with van der Waals surface area (Å²) in [5.41, 5.74) is 0. The molecule has 1 saturated carbocycles. The Bertz CT molecular complexity index is 1100. The number of piperidine rings is 1. The molecule has 3 rings (SSSR count). The maximum atomic E-state index is 14.2. The van der Waals surface area contributed by atoms with Gasteiger partial charge in [-0.25, -0.2) is 0 Å². The van der Waals surface area contributed by atoms with Gasteiger partial charge in [0.1, 0.15) is 6.04 Å². The summed E-state index contributed by atoms with van der Waals surface area (Å²) in [6, 6.07) is 0.423. The summed E-state index contributed by atoms with van der Waals surface area (Å²) in [6.07, 6.45) is 3.72. The lowest BCUT2D eigenvalue weighted by Crippen LogP contribution is -2.60. The number of rotatable bonds is 16. The molecule has 2 saturated heterocycles. The molecule has 10 atom stereocenters. The van der Waals surface area contributed by atoms with Crippen LogP contribution in [0.2, 0.25) is 0 Å². The summed E-state index contributed by atoms with van der Waals surface area (Å²) in [5, 5.41) is 22.0. The number of hydrogen-bond donors (Lipinski definition) is 2. The van der Waals surface area contributed by atoms with Crippen LogP contribution in [0.25, 0.3) is 0 Å². The highest BCUT2D eigenvalue weighted by Crippen LogP contribution is 2.42. The fourth-order valence-corrected chi connectivity index (χ4v) is 8.02. The fraction of sp³-hybridized carbons (Fsp3) is 0.848. The van der Waals surface area contributed by atoms with Gasteiger partial charge in [0, 0.05) is 33.9 Å². The van der Waals surface area contributed by atoms with Gasteiger partial charge in [-0.3, -0.25) is 24.1 Å². The molecular formula is C33H55N5O7. The highest BCUT2D eigenvalue weighted by Gasteiger charge is 2.50. The van der Waals surface area contributed by atoms with Gasteiger partial charge < -0.3 is 29.7 Å². The number of nitrogens with one attached hydrogen (secondary N) is 1. The van der Waals surface area contributed by atoms with Gasteiger partial charge in [0.25, 0.3) is 0 Å². The first kappa shape index (κ1) is 36.7. The number of carbonyl (C=O) groups excluding carboxylic acids is 3. The predicted molar refractivity (Wildman–Crippen MR) is 168 cm³/mol. The average molecular weight is 634 g/mol. The van der Waals surface area contributed by atoms with Gasteiger partial charge in [0.15, 0.2) is 0 Å². The van der Waals surface area contributed by atoms with Crippen LogP contribution >= 0.6 is 0 Å². The Hall–Kier alpha value is -2.75. The van der Waals surface area contributed by atoms with E-state index >= 15 is 0 Å². The van der Waals surface area contributed by atoms with E-state index in [0.29, 0.717) is 13.0 Å². The quantitative estimate of drug-likeness (QED) is 0.244. The first-order chi connectivity index (χ1) is 21.3. The maximum absolute atomic E-state index is 14.2. The van der Waals surface area contributed by atoms with Gasteiger partial charge in [-0.05, 0) is 56.8 Å². The zero-order valence-electron chi connectivity index (χ0n) is 28.4. The summed E-state index contributed by atoms with van der Waals surface area (Å²) in [7, 11) is 4.73. The number of carboxylic acids is 1. The minimum absolute atomic E-state index is 0.0183. The molecule has 3 fully saturated rings. The number of carboxylic acid groups (broad SMARTS) is 1. The lowest BCUT2D eigenvalue weighted by atomic mass is 9.89. The molecule has 2 N–H and O–H groups in total. The standard InChI is InChI=1S/C33H55N5O7/c1-9-20(4)28(25(44-7)18-26(39)38-15-10-11-24(38)30(45-8)21(5)33(42)43)36(6)32(41)27(19(2)3)35-31(40)29-22-12-13-23(17-22)37(29)16-14-34/h19-25,27-30H,9-13,15-18H2,1-8H3,(H,35,40)(H,42,43)/t20-,21+,22-,23+,24-,25+,27-,28-,29-,30+/m0/s1. The molecule has 45 heavy (non-hydrogen) atoms. The van der Waals surface area contributed by atoms with Crippen molar-refractivity contribution in [2.45, 2.75) is 122 Å². The molecule has 1 aliphatic carbocycles. The van der Waals surface area contributed by atoms with Gasteiger partial charge in [-0.15, -0.1) is 0 Å². The summed E-state index contributed by atoms with van der Waals surface area (Å²) < 4.78 is 11.5. The molecule has 0 aromatic rings. The number of carbonyl (C=O) groups is 4. The normalized spacial score (nSPS) is 27.0. The van der Waals surface area contributed by atoms with E-state index in [1.54, 1.807) is 23.8 Å². The largest absolute Gasteiger partial charge is 0.481 e. The van der Waals surface area contributed by atoms with Gasteiger partial charge >= 0.3 is 5.97 Å². The van der Waals surface area contributed by atoms with E-state index in [4.69, 9.17) is 9.47 Å². The Balaban J connectivity index is 1.79. The first-order valence-electron chi connectivity index (χ1n) is 16.6. The Morgan fingerprint density at radius 3 is 2.33 bits per heavy atom. The maximum Gasteiger partial charge on any atom is 0.308 e. The monoisotopic (exact) mass is 633 g/mol. The molecule has 0 unspecified atom stereocenters. The zero-order valence-corrected chi connectivity index (χ0v) is 28.4. The van der Waals surface area contributed by atoms with Crippen LogP contribution in [0.3, 0.4) is 0 Å². The molecule has 254 valence electrons. The van der Waals surface area contributed by atoms with E-state index in [1.165, 1.54) is 14.2 Å². The highest BCUT2D eigenvalue weighted by atomic mass is 16.5. The third kappa shape index (κ3) is 7.98. The topological polar surface area (TPSA) is 153 Å².